The van der Waals surface area contributed by atoms with Crippen LogP contribution in [0.15, 0.2) is 0 Å². The van der Waals surface area contributed by atoms with E-state index in [-0.39, 0.29) is 0 Å². The van der Waals surface area contributed by atoms with Crippen molar-refractivity contribution in [1.29, 1.82) is 0 Å². The summed E-state index contributed by atoms with van der Waals surface area (Å²) in [5.41, 5.74) is 0. The Kier molecular flexibility index (Phi) is 10.5. The molecule has 0 unspecified atom stereocenters. The molecule has 0 atom stereocenters. The minimum atomic E-state index is 0.413. The summed E-state index contributed by atoms with van der Waals surface area (Å²) in [7, 11) is 0. The van der Waals surface area contributed by atoms with Gasteiger partial charge in [-0.15, -0.1) is 0 Å². The monoisotopic (exact) mass is 177 g/mol. The fourth-order valence-electron chi connectivity index (χ4n) is 0.714. The van der Waals surface area contributed by atoms with E-state index in [2.05, 4.69) is 19.6 Å². The highest BCUT2D eigenvalue weighted by Crippen LogP contribution is 1.92. The molecule has 0 aliphatic heterocycles. The molecule has 0 bridgehead atoms. The quantitative estimate of drug-likeness (QED) is 0.530. The van der Waals surface area contributed by atoms with Crippen LogP contribution in [0.1, 0.15) is 26.2 Å². The van der Waals surface area contributed by atoms with E-state index in [9.17, 15) is 0 Å². The standard InChI is InChI=1S/C8H17O2S/c1-2-5-9-6-3-4-7-10-8-11/h2-8H2,1H3. The summed E-state index contributed by atoms with van der Waals surface area (Å²) in [6.07, 6.45) is 3.23. The van der Waals surface area contributed by atoms with Crippen molar-refractivity contribution in [2.24, 2.45) is 0 Å². The molecule has 0 spiro atoms. The highest BCUT2D eigenvalue weighted by molar-refractivity contribution is 7.80. The van der Waals surface area contributed by atoms with Gasteiger partial charge in [-0.1, -0.05) is 19.6 Å². The van der Waals surface area contributed by atoms with Crippen LogP contribution in [0.5, 0.6) is 0 Å². The lowest BCUT2D eigenvalue weighted by Gasteiger charge is -2.01. The Labute approximate surface area is 74.7 Å². The Balaban J connectivity index is 2.69. The molecule has 0 saturated heterocycles. The lowest BCUT2D eigenvalue weighted by Crippen LogP contribution is -1.98. The van der Waals surface area contributed by atoms with Gasteiger partial charge in [0.15, 0.2) is 0 Å². The predicted octanol–water partition coefficient (Wildman–Crippen LogP) is 2.36. The molecule has 0 fully saturated rings. The molecule has 2 nitrogen and oxygen atoms in total. The molecule has 0 aromatic rings. The summed E-state index contributed by atoms with van der Waals surface area (Å²) in [5.74, 6) is 0.413. The summed E-state index contributed by atoms with van der Waals surface area (Å²) >= 11 is 4.62. The van der Waals surface area contributed by atoms with Crippen LogP contribution in [0.3, 0.4) is 0 Å². The van der Waals surface area contributed by atoms with Crippen molar-refractivity contribution in [1.82, 2.24) is 0 Å². The predicted molar refractivity (Wildman–Crippen MR) is 48.8 cm³/mol. The minimum Gasteiger partial charge on any atom is -0.381 e. The van der Waals surface area contributed by atoms with Gasteiger partial charge in [0.2, 0.25) is 0 Å². The largest absolute Gasteiger partial charge is 0.381 e. The summed E-state index contributed by atoms with van der Waals surface area (Å²) in [6, 6.07) is 0. The number of rotatable bonds is 8. The third-order valence-corrected chi connectivity index (χ3v) is 1.43. The van der Waals surface area contributed by atoms with Crippen LogP contribution < -0.4 is 0 Å². The van der Waals surface area contributed by atoms with E-state index in [0.29, 0.717) is 5.94 Å². The molecule has 0 rings (SSSR count). The molecular weight excluding hydrogens is 160 g/mol. The molecule has 11 heavy (non-hydrogen) atoms. The summed E-state index contributed by atoms with van der Waals surface area (Å²) in [4.78, 5) is 0. The Bertz CT molecular complexity index is 61.1. The minimum absolute atomic E-state index is 0.413. The van der Waals surface area contributed by atoms with Crippen molar-refractivity contribution in [3.8, 4) is 0 Å². The van der Waals surface area contributed by atoms with Crippen LogP contribution in [-0.2, 0) is 9.47 Å². The van der Waals surface area contributed by atoms with Crippen LogP contribution in [0.4, 0.5) is 0 Å². The SMILES string of the molecule is CCCOCCCCOC[S]. The number of hydrogen-bond acceptors (Lipinski definition) is 2. The molecule has 0 amide bonds. The van der Waals surface area contributed by atoms with Crippen molar-refractivity contribution in [3.63, 3.8) is 0 Å². The number of hydrogen-bond donors (Lipinski definition) is 0. The van der Waals surface area contributed by atoms with Gasteiger partial charge >= 0.3 is 0 Å². The molecule has 0 aliphatic rings. The first-order valence-electron chi connectivity index (χ1n) is 4.15. The third-order valence-electron chi connectivity index (χ3n) is 1.26. The van der Waals surface area contributed by atoms with Crippen molar-refractivity contribution >= 4 is 12.6 Å². The maximum atomic E-state index is 5.28. The van der Waals surface area contributed by atoms with Crippen molar-refractivity contribution < 1.29 is 9.47 Å². The first-order valence-corrected chi connectivity index (χ1v) is 4.73. The van der Waals surface area contributed by atoms with E-state index in [0.717, 1.165) is 39.1 Å². The van der Waals surface area contributed by atoms with Crippen molar-refractivity contribution in [2.45, 2.75) is 26.2 Å². The van der Waals surface area contributed by atoms with E-state index in [1.54, 1.807) is 0 Å². The second-order valence-electron chi connectivity index (χ2n) is 2.35. The van der Waals surface area contributed by atoms with Gasteiger partial charge in [-0.25, -0.2) is 0 Å². The average molecular weight is 177 g/mol. The third kappa shape index (κ3) is 10.3. The second kappa shape index (κ2) is 10.3. The fraction of sp³-hybridized carbons (Fsp3) is 1.00. The zero-order valence-corrected chi connectivity index (χ0v) is 7.99. The zero-order chi connectivity index (χ0) is 8.36. The topological polar surface area (TPSA) is 18.5 Å². The van der Waals surface area contributed by atoms with Crippen LogP contribution >= 0.6 is 12.6 Å². The van der Waals surface area contributed by atoms with Gasteiger partial charge in [0, 0.05) is 19.8 Å². The van der Waals surface area contributed by atoms with Crippen LogP contribution in [0.2, 0.25) is 0 Å². The maximum Gasteiger partial charge on any atom is 0.102 e. The van der Waals surface area contributed by atoms with Gasteiger partial charge in [-0.2, -0.15) is 0 Å². The molecule has 0 saturated carbocycles. The average Bonchev–Trinajstić information content (AvgIpc) is 2.03. The van der Waals surface area contributed by atoms with Crippen LogP contribution in [-0.4, -0.2) is 25.8 Å². The maximum absolute atomic E-state index is 5.28. The van der Waals surface area contributed by atoms with Gasteiger partial charge in [0.25, 0.3) is 0 Å². The molecule has 0 aromatic carbocycles. The van der Waals surface area contributed by atoms with Gasteiger partial charge in [0.1, 0.15) is 5.94 Å². The molecule has 67 valence electrons. The smallest absolute Gasteiger partial charge is 0.102 e. The Morgan fingerprint density at radius 2 is 1.64 bits per heavy atom. The van der Waals surface area contributed by atoms with E-state index in [4.69, 9.17) is 9.47 Å². The number of ether oxygens (including phenoxy) is 2. The van der Waals surface area contributed by atoms with Crippen LogP contribution in [0.25, 0.3) is 0 Å². The summed E-state index contributed by atoms with van der Waals surface area (Å²) in [6.45, 7) is 4.62. The van der Waals surface area contributed by atoms with Gasteiger partial charge < -0.3 is 9.47 Å². The van der Waals surface area contributed by atoms with Gasteiger partial charge in [-0.05, 0) is 19.3 Å². The van der Waals surface area contributed by atoms with Crippen molar-refractivity contribution in [3.05, 3.63) is 0 Å². The zero-order valence-electron chi connectivity index (χ0n) is 7.17. The Hall–Kier alpha value is 0.270. The lowest BCUT2D eigenvalue weighted by atomic mass is 10.3. The highest BCUT2D eigenvalue weighted by atomic mass is 32.1. The van der Waals surface area contributed by atoms with E-state index in [1.807, 2.05) is 0 Å². The lowest BCUT2D eigenvalue weighted by molar-refractivity contribution is 0.117. The van der Waals surface area contributed by atoms with E-state index >= 15 is 0 Å². The van der Waals surface area contributed by atoms with Gasteiger partial charge in [-0.3, -0.25) is 0 Å². The molecule has 1 radical (unpaired) electrons. The summed E-state index contributed by atoms with van der Waals surface area (Å²) in [5, 5.41) is 0. The van der Waals surface area contributed by atoms with E-state index in [1.165, 1.54) is 0 Å². The first kappa shape index (κ1) is 11.3. The molecule has 0 N–H and O–H groups in total. The van der Waals surface area contributed by atoms with Crippen LogP contribution in [0, 0.1) is 0 Å². The molecule has 0 heterocycles. The van der Waals surface area contributed by atoms with Gasteiger partial charge in [0.05, 0.1) is 0 Å². The molecular formula is C8H17O2S. The second-order valence-corrected chi connectivity index (χ2v) is 2.58. The Morgan fingerprint density at radius 3 is 2.18 bits per heavy atom. The summed E-state index contributed by atoms with van der Waals surface area (Å²) < 4.78 is 10.3. The fourth-order valence-corrected chi connectivity index (χ4v) is 0.831. The number of unbranched alkanes of at least 4 members (excludes halogenated alkanes) is 1. The molecule has 0 aromatic heterocycles. The first-order chi connectivity index (χ1) is 5.41. The highest BCUT2D eigenvalue weighted by Gasteiger charge is 1.88. The molecule has 3 heteroatoms. The molecule has 0 aliphatic carbocycles. The van der Waals surface area contributed by atoms with Crippen molar-refractivity contribution in [2.75, 3.05) is 25.8 Å². The normalized spacial score (nSPS) is 10.4. The van der Waals surface area contributed by atoms with E-state index < -0.39 is 0 Å². The Morgan fingerprint density at radius 1 is 1.00 bits per heavy atom.